The molecule has 0 unspecified atom stereocenters. The molecular weight excluding hydrogens is 434 g/mol. The molecule has 3 N–H and O–H groups in total. The van der Waals surface area contributed by atoms with E-state index in [0.717, 1.165) is 25.2 Å². The van der Waals surface area contributed by atoms with Crippen LogP contribution in [0.25, 0.3) is 0 Å². The van der Waals surface area contributed by atoms with Crippen LogP contribution in [0, 0.1) is 0 Å². The first-order valence-electron chi connectivity index (χ1n) is 11.6. The van der Waals surface area contributed by atoms with Crippen LogP contribution in [0.15, 0.2) is 5.16 Å². The Hall–Kier alpha value is -1.10. The van der Waals surface area contributed by atoms with E-state index < -0.39 is 0 Å². The maximum Gasteiger partial charge on any atom is 0.333 e. The molecular formula is C21H41N5O3S2. The Kier molecular flexibility index (Phi) is 18.7. The first-order chi connectivity index (χ1) is 15.3. The normalized spacial score (nSPS) is 10.9. The molecule has 0 saturated carbocycles. The lowest BCUT2D eigenvalue weighted by Crippen LogP contribution is -2.39. The molecule has 0 saturated heterocycles. The van der Waals surface area contributed by atoms with Crippen LogP contribution in [0.3, 0.4) is 0 Å². The van der Waals surface area contributed by atoms with E-state index >= 15 is 0 Å². The van der Waals surface area contributed by atoms with Crippen LogP contribution in [0.2, 0.25) is 0 Å². The first-order valence-corrected chi connectivity index (χ1v) is 13.3. The number of nitrogens with one attached hydrogen (secondary N) is 3. The van der Waals surface area contributed by atoms with Crippen molar-refractivity contribution in [2.75, 3.05) is 44.7 Å². The largest absolute Gasteiger partial charge is 0.384 e. The molecule has 1 aromatic rings. The smallest absolute Gasteiger partial charge is 0.333 e. The molecule has 1 heterocycles. The van der Waals surface area contributed by atoms with Gasteiger partial charge in [0.15, 0.2) is 0 Å². The van der Waals surface area contributed by atoms with E-state index in [2.05, 4.69) is 32.4 Å². The van der Waals surface area contributed by atoms with Crippen molar-refractivity contribution in [3.8, 4) is 0 Å². The first kappa shape index (κ1) is 27.9. The van der Waals surface area contributed by atoms with E-state index in [1.807, 2.05) is 0 Å². The van der Waals surface area contributed by atoms with E-state index in [4.69, 9.17) is 9.47 Å². The summed E-state index contributed by atoms with van der Waals surface area (Å²) in [7, 11) is 1.66. The highest BCUT2D eigenvalue weighted by atomic mass is 32.2. The number of ether oxygens (including phenoxy) is 2. The number of aromatic nitrogens is 2. The zero-order valence-electron chi connectivity index (χ0n) is 19.2. The van der Waals surface area contributed by atoms with Gasteiger partial charge in [-0.2, -0.15) is 9.36 Å². The van der Waals surface area contributed by atoms with Crippen LogP contribution in [0.4, 0.5) is 9.93 Å². The van der Waals surface area contributed by atoms with Crippen LogP contribution in [-0.2, 0) is 9.47 Å². The number of hydrazine groups is 1. The predicted molar refractivity (Wildman–Crippen MR) is 130 cm³/mol. The SMILES string of the molecule is CCCCCCCCCCCCOCCCNC(=O)NNc1nc(SCCOC)ns1. The highest BCUT2D eigenvalue weighted by molar-refractivity contribution is 7.99. The molecule has 0 aromatic carbocycles. The molecule has 0 radical (unpaired) electrons. The molecule has 2 amide bonds. The number of methoxy groups -OCH3 is 1. The van der Waals surface area contributed by atoms with Gasteiger partial charge in [0, 0.05) is 44.2 Å². The Morgan fingerprint density at radius 2 is 1.65 bits per heavy atom. The van der Waals surface area contributed by atoms with Crippen LogP contribution < -0.4 is 16.2 Å². The van der Waals surface area contributed by atoms with Gasteiger partial charge in [-0.05, 0) is 12.8 Å². The molecule has 8 nitrogen and oxygen atoms in total. The summed E-state index contributed by atoms with van der Waals surface area (Å²) in [6.07, 6.45) is 14.1. The van der Waals surface area contributed by atoms with Gasteiger partial charge in [-0.1, -0.05) is 76.5 Å². The summed E-state index contributed by atoms with van der Waals surface area (Å²) in [5.41, 5.74) is 5.33. The molecule has 0 bridgehead atoms. The maximum atomic E-state index is 11.8. The van der Waals surface area contributed by atoms with Crippen LogP contribution >= 0.6 is 23.3 Å². The second-order valence-electron chi connectivity index (χ2n) is 7.38. The number of amides is 2. The number of carbonyl (C=O) groups excluding carboxylic acids is 1. The Labute approximate surface area is 196 Å². The van der Waals surface area contributed by atoms with Gasteiger partial charge in [-0.15, -0.1) is 0 Å². The number of urea groups is 1. The average molecular weight is 476 g/mol. The summed E-state index contributed by atoms with van der Waals surface area (Å²) in [5, 5.41) is 4.01. The summed E-state index contributed by atoms with van der Waals surface area (Å²) in [6, 6.07) is -0.293. The molecule has 0 atom stereocenters. The number of nitrogens with zero attached hydrogens (tertiary/aromatic N) is 2. The van der Waals surface area contributed by atoms with E-state index in [0.29, 0.717) is 30.0 Å². The van der Waals surface area contributed by atoms with Crippen molar-refractivity contribution in [1.29, 1.82) is 0 Å². The van der Waals surface area contributed by atoms with Crippen LogP contribution in [0.1, 0.15) is 77.6 Å². The molecule has 0 fully saturated rings. The molecule has 0 aliphatic heterocycles. The fraction of sp³-hybridized carbons (Fsp3) is 0.857. The summed E-state index contributed by atoms with van der Waals surface area (Å²) < 4.78 is 14.8. The number of thioether (sulfide) groups is 1. The van der Waals surface area contributed by atoms with Gasteiger partial charge in [0.2, 0.25) is 10.3 Å². The lowest BCUT2D eigenvalue weighted by molar-refractivity contribution is 0.127. The zero-order chi connectivity index (χ0) is 22.4. The van der Waals surface area contributed by atoms with E-state index in [1.165, 1.54) is 81.1 Å². The highest BCUT2D eigenvalue weighted by Gasteiger charge is 2.05. The standard InChI is InChI=1S/C21H41N5O3S2/c1-3-4-5-6-7-8-9-10-11-12-15-29-16-13-14-22-19(27)24-25-20-23-21(26-31-20)30-18-17-28-2/h3-18H2,1-2H3,(H2,22,24,27)(H,23,25,26). The zero-order valence-corrected chi connectivity index (χ0v) is 20.9. The van der Waals surface area contributed by atoms with E-state index in [9.17, 15) is 4.79 Å². The third-order valence-electron chi connectivity index (χ3n) is 4.60. The third kappa shape index (κ3) is 17.2. The highest BCUT2D eigenvalue weighted by Crippen LogP contribution is 2.19. The van der Waals surface area contributed by atoms with Gasteiger partial charge < -0.3 is 14.8 Å². The minimum absolute atomic E-state index is 0.293. The number of rotatable bonds is 21. The van der Waals surface area contributed by atoms with Crippen molar-refractivity contribution < 1.29 is 14.3 Å². The van der Waals surface area contributed by atoms with Crippen molar-refractivity contribution in [2.24, 2.45) is 0 Å². The van der Waals surface area contributed by atoms with Crippen molar-refractivity contribution >= 4 is 34.5 Å². The molecule has 31 heavy (non-hydrogen) atoms. The van der Waals surface area contributed by atoms with Crippen LogP contribution in [0.5, 0.6) is 0 Å². The minimum atomic E-state index is -0.293. The summed E-state index contributed by atoms with van der Waals surface area (Å²) in [4.78, 5) is 16.0. The van der Waals surface area contributed by atoms with Gasteiger partial charge in [0.1, 0.15) is 0 Å². The van der Waals surface area contributed by atoms with E-state index in [-0.39, 0.29) is 6.03 Å². The molecule has 180 valence electrons. The molecule has 1 rings (SSSR count). The number of unbranched alkanes of at least 4 members (excludes halogenated alkanes) is 9. The van der Waals surface area contributed by atoms with Crippen molar-refractivity contribution in [3.05, 3.63) is 0 Å². The number of anilines is 1. The van der Waals surface area contributed by atoms with Gasteiger partial charge in [0.25, 0.3) is 0 Å². The fourth-order valence-electron chi connectivity index (χ4n) is 2.86. The number of carbonyl (C=O) groups is 1. The minimum Gasteiger partial charge on any atom is -0.384 e. The third-order valence-corrected chi connectivity index (χ3v) is 6.16. The van der Waals surface area contributed by atoms with Crippen molar-refractivity contribution in [2.45, 2.75) is 82.7 Å². The Morgan fingerprint density at radius 1 is 0.968 bits per heavy atom. The predicted octanol–water partition coefficient (Wildman–Crippen LogP) is 5.23. The molecule has 10 heteroatoms. The van der Waals surface area contributed by atoms with E-state index in [1.54, 1.807) is 7.11 Å². The molecule has 0 aliphatic rings. The number of hydrogen-bond donors (Lipinski definition) is 3. The molecule has 0 aliphatic carbocycles. The summed E-state index contributed by atoms with van der Waals surface area (Å²) in [5.74, 6) is 0.794. The van der Waals surface area contributed by atoms with Crippen LogP contribution in [-0.4, -0.2) is 54.6 Å². The fourth-order valence-corrected chi connectivity index (χ4v) is 4.26. The topological polar surface area (TPSA) is 97.4 Å². The van der Waals surface area contributed by atoms with Gasteiger partial charge >= 0.3 is 6.03 Å². The summed E-state index contributed by atoms with van der Waals surface area (Å²) in [6.45, 7) is 4.96. The second kappa shape index (κ2) is 20.8. The molecule has 1 aromatic heterocycles. The quantitative estimate of drug-likeness (QED) is 0.127. The van der Waals surface area contributed by atoms with Gasteiger partial charge in [-0.25, -0.2) is 10.2 Å². The second-order valence-corrected chi connectivity index (χ2v) is 9.19. The Morgan fingerprint density at radius 3 is 2.35 bits per heavy atom. The lowest BCUT2D eigenvalue weighted by Gasteiger charge is -2.08. The lowest BCUT2D eigenvalue weighted by atomic mass is 10.1. The number of hydrogen-bond acceptors (Lipinski definition) is 8. The monoisotopic (exact) mass is 475 g/mol. The van der Waals surface area contributed by atoms with Gasteiger partial charge in [0.05, 0.1) is 6.61 Å². The van der Waals surface area contributed by atoms with Crippen molar-refractivity contribution in [3.63, 3.8) is 0 Å². The maximum absolute atomic E-state index is 11.8. The Balaban J connectivity index is 1.84. The van der Waals surface area contributed by atoms with Gasteiger partial charge in [-0.3, -0.25) is 5.43 Å². The molecule has 0 spiro atoms. The van der Waals surface area contributed by atoms with Crippen molar-refractivity contribution in [1.82, 2.24) is 20.1 Å². The summed E-state index contributed by atoms with van der Waals surface area (Å²) >= 11 is 2.72. The Bertz CT molecular complexity index is 549. The average Bonchev–Trinajstić information content (AvgIpc) is 3.23.